The molecule has 35 heavy (non-hydrogen) atoms. The van der Waals surface area contributed by atoms with Crippen LogP contribution in [0.2, 0.25) is 0 Å². The summed E-state index contributed by atoms with van der Waals surface area (Å²) in [7, 11) is -3.94. The van der Waals surface area contributed by atoms with E-state index >= 15 is 0 Å². The summed E-state index contributed by atoms with van der Waals surface area (Å²) in [5.74, 6) is -0.884. The molecule has 2 aliphatic heterocycles. The number of benzene rings is 2. The molecule has 2 heterocycles. The van der Waals surface area contributed by atoms with Crippen LogP contribution in [0.4, 0.5) is 22.0 Å². The van der Waals surface area contributed by atoms with Gasteiger partial charge >= 0.3 is 12.8 Å². The Morgan fingerprint density at radius 3 is 1.94 bits per heavy atom. The number of hydrogen-bond acceptors (Lipinski definition) is 5. The van der Waals surface area contributed by atoms with Crippen molar-refractivity contribution < 1.29 is 45.0 Å². The van der Waals surface area contributed by atoms with Gasteiger partial charge in [-0.1, -0.05) is 12.1 Å². The van der Waals surface area contributed by atoms with E-state index in [9.17, 15) is 40.3 Å². The predicted octanol–water partition coefficient (Wildman–Crippen LogP) is 3.18. The van der Waals surface area contributed by atoms with E-state index in [-0.39, 0.29) is 42.4 Å². The van der Waals surface area contributed by atoms with E-state index < -0.39 is 40.4 Å². The number of aliphatic hydroxyl groups excluding tert-OH is 1. The van der Waals surface area contributed by atoms with Gasteiger partial charge in [-0.05, 0) is 53.1 Å². The Labute approximate surface area is 197 Å². The zero-order chi connectivity index (χ0) is 25.5. The third kappa shape index (κ3) is 5.16. The van der Waals surface area contributed by atoms with Gasteiger partial charge in [-0.15, -0.1) is 0 Å². The van der Waals surface area contributed by atoms with Gasteiger partial charge in [0.2, 0.25) is 10.0 Å². The highest BCUT2D eigenvalue weighted by Gasteiger charge is 2.39. The van der Waals surface area contributed by atoms with E-state index in [1.807, 2.05) is 0 Å². The van der Waals surface area contributed by atoms with Crippen LogP contribution in [0, 0.1) is 0 Å². The summed E-state index contributed by atoms with van der Waals surface area (Å²) >= 11 is 0. The Hall–Kier alpha value is -3.03. The predicted molar refractivity (Wildman–Crippen MR) is 112 cm³/mol. The second kappa shape index (κ2) is 9.21. The number of rotatable bonds is 6. The molecular formula is C22H19F5N2O5S. The second-order valence-corrected chi connectivity index (χ2v) is 9.98. The highest BCUT2D eigenvalue weighted by Crippen LogP contribution is 2.33. The molecule has 0 aliphatic carbocycles. The first kappa shape index (κ1) is 25.1. The van der Waals surface area contributed by atoms with Crippen molar-refractivity contribution in [3.63, 3.8) is 0 Å². The van der Waals surface area contributed by atoms with Crippen LogP contribution in [-0.2, 0) is 21.0 Å². The summed E-state index contributed by atoms with van der Waals surface area (Å²) < 4.78 is 94.0. The number of nitrogens with zero attached hydrogens (tertiary/aromatic N) is 2. The molecule has 1 N–H and O–H groups in total. The zero-order valence-electron chi connectivity index (χ0n) is 17.9. The van der Waals surface area contributed by atoms with Gasteiger partial charge in [0.15, 0.2) is 6.10 Å². The maximum absolute atomic E-state index is 12.9. The molecule has 7 nitrogen and oxygen atoms in total. The van der Waals surface area contributed by atoms with Crippen LogP contribution in [0.5, 0.6) is 5.75 Å². The van der Waals surface area contributed by atoms with Crippen molar-refractivity contribution in [2.45, 2.75) is 23.8 Å². The summed E-state index contributed by atoms with van der Waals surface area (Å²) in [4.78, 5) is 13.9. The van der Waals surface area contributed by atoms with Crippen molar-refractivity contribution in [2.24, 2.45) is 0 Å². The molecule has 0 saturated carbocycles. The van der Waals surface area contributed by atoms with E-state index in [1.165, 1.54) is 9.21 Å². The number of aliphatic hydroxyl groups is 1. The monoisotopic (exact) mass is 518 g/mol. The van der Waals surface area contributed by atoms with Crippen LogP contribution >= 0.6 is 0 Å². The molecule has 4 rings (SSSR count). The number of carbonyl (C=O) groups excluding carboxylic acids is 1. The van der Waals surface area contributed by atoms with Crippen LogP contribution in [0.25, 0.3) is 0 Å². The molecular weight excluding hydrogens is 499 g/mol. The molecule has 0 saturated heterocycles. The van der Waals surface area contributed by atoms with Crippen LogP contribution in [0.15, 0.2) is 64.6 Å². The Morgan fingerprint density at radius 1 is 0.914 bits per heavy atom. The van der Waals surface area contributed by atoms with Gasteiger partial charge in [-0.2, -0.15) is 26.3 Å². The van der Waals surface area contributed by atoms with Gasteiger partial charge in [0.05, 0.1) is 10.5 Å². The first-order chi connectivity index (χ1) is 16.4. The molecule has 0 bridgehead atoms. The van der Waals surface area contributed by atoms with Crippen LogP contribution in [0.3, 0.4) is 0 Å². The molecule has 1 unspecified atom stereocenters. The molecule has 13 heteroatoms. The zero-order valence-corrected chi connectivity index (χ0v) is 18.7. The number of sulfonamides is 1. The Morgan fingerprint density at radius 2 is 1.46 bits per heavy atom. The summed E-state index contributed by atoms with van der Waals surface area (Å²) in [6, 6.07) is 8.20. The topological polar surface area (TPSA) is 87.2 Å². The highest BCUT2D eigenvalue weighted by molar-refractivity contribution is 7.89. The Balaban J connectivity index is 1.37. The molecule has 2 aliphatic rings. The number of halogens is 5. The first-order valence-corrected chi connectivity index (χ1v) is 11.7. The lowest BCUT2D eigenvalue weighted by Gasteiger charge is -2.24. The van der Waals surface area contributed by atoms with E-state index in [4.69, 9.17) is 0 Å². The lowest BCUT2D eigenvalue weighted by Crippen LogP contribution is -2.38. The minimum atomic E-state index is -4.54. The fourth-order valence-corrected chi connectivity index (χ4v) is 5.41. The molecule has 2 aromatic rings. The van der Waals surface area contributed by atoms with Gasteiger partial charge in [0, 0.05) is 26.2 Å². The van der Waals surface area contributed by atoms with Gasteiger partial charge in [-0.3, -0.25) is 4.79 Å². The quantitative estimate of drug-likeness (QED) is 0.469. The van der Waals surface area contributed by atoms with Gasteiger partial charge in [0.25, 0.3) is 5.91 Å². The van der Waals surface area contributed by atoms with Crippen molar-refractivity contribution in [1.82, 2.24) is 9.21 Å². The normalized spacial score (nSPS) is 17.7. The SMILES string of the molecule is O=C(C(O)c1ccc(C(F)(F)F)cc1)N1CC2=C(C1)CN(S(=O)(=O)c1ccc(OC(F)F)cc1)C2. The molecule has 2 aromatic carbocycles. The van der Waals surface area contributed by atoms with Crippen molar-refractivity contribution in [2.75, 3.05) is 26.2 Å². The Bertz CT molecular complexity index is 1230. The van der Waals surface area contributed by atoms with E-state index in [0.717, 1.165) is 48.5 Å². The van der Waals surface area contributed by atoms with Gasteiger partial charge in [0.1, 0.15) is 5.75 Å². The van der Waals surface area contributed by atoms with Gasteiger partial charge in [-0.25, -0.2) is 8.42 Å². The van der Waals surface area contributed by atoms with E-state index in [0.29, 0.717) is 11.1 Å². The van der Waals surface area contributed by atoms with Crippen molar-refractivity contribution in [3.05, 3.63) is 70.8 Å². The number of alkyl halides is 5. The molecule has 188 valence electrons. The minimum Gasteiger partial charge on any atom is -0.435 e. The smallest absolute Gasteiger partial charge is 0.416 e. The van der Waals surface area contributed by atoms with Crippen LogP contribution in [0.1, 0.15) is 17.2 Å². The Kier molecular flexibility index (Phi) is 6.60. The molecule has 1 atom stereocenters. The lowest BCUT2D eigenvalue weighted by atomic mass is 10.1. The fourth-order valence-electron chi connectivity index (χ4n) is 3.98. The number of carbonyl (C=O) groups is 1. The third-order valence-electron chi connectivity index (χ3n) is 5.78. The number of ether oxygens (including phenoxy) is 1. The molecule has 0 aromatic heterocycles. The summed E-state index contributed by atoms with van der Waals surface area (Å²) in [6.07, 6.45) is -6.20. The van der Waals surface area contributed by atoms with Crippen molar-refractivity contribution in [1.29, 1.82) is 0 Å². The molecule has 0 radical (unpaired) electrons. The molecule has 0 fully saturated rings. The number of hydrogen-bond donors (Lipinski definition) is 1. The standard InChI is InChI=1S/C22H19F5N2O5S/c23-21(24)34-17-5-7-18(8-6-17)35(32,33)29-11-14-9-28(10-15(14)12-29)20(31)19(30)13-1-3-16(4-2-13)22(25,26)27/h1-8,19,21,30H,9-12H2. The van der Waals surface area contributed by atoms with E-state index in [1.54, 1.807) is 0 Å². The largest absolute Gasteiger partial charge is 0.435 e. The van der Waals surface area contributed by atoms with Crippen molar-refractivity contribution in [3.8, 4) is 5.75 Å². The molecule has 0 spiro atoms. The molecule has 1 amide bonds. The second-order valence-electron chi connectivity index (χ2n) is 8.05. The third-order valence-corrected chi connectivity index (χ3v) is 7.59. The van der Waals surface area contributed by atoms with Crippen molar-refractivity contribution >= 4 is 15.9 Å². The first-order valence-electron chi connectivity index (χ1n) is 10.2. The lowest BCUT2D eigenvalue weighted by molar-refractivity contribution is -0.139. The minimum absolute atomic E-state index is 0.00705. The summed E-state index contributed by atoms with van der Waals surface area (Å²) in [6.45, 7) is -2.88. The van der Waals surface area contributed by atoms with Crippen LogP contribution < -0.4 is 4.74 Å². The maximum Gasteiger partial charge on any atom is 0.416 e. The van der Waals surface area contributed by atoms with Gasteiger partial charge < -0.3 is 14.7 Å². The van der Waals surface area contributed by atoms with E-state index in [2.05, 4.69) is 4.74 Å². The summed E-state index contributed by atoms with van der Waals surface area (Å²) in [5, 5.41) is 10.4. The average Bonchev–Trinajstić information content (AvgIpc) is 3.38. The maximum atomic E-state index is 12.9. The summed E-state index contributed by atoms with van der Waals surface area (Å²) in [5.41, 5.74) is 0.470. The average molecular weight is 518 g/mol. The number of amides is 1. The van der Waals surface area contributed by atoms with Crippen LogP contribution in [-0.4, -0.2) is 61.4 Å². The fraction of sp³-hybridized carbons (Fsp3) is 0.318. The highest BCUT2D eigenvalue weighted by atomic mass is 32.2.